The van der Waals surface area contributed by atoms with E-state index in [0.717, 1.165) is 6.42 Å². The number of nitrogens with one attached hydrogen (secondary N) is 1. The van der Waals surface area contributed by atoms with E-state index in [9.17, 15) is 19.5 Å². The van der Waals surface area contributed by atoms with Gasteiger partial charge in [-0.2, -0.15) is 0 Å². The van der Waals surface area contributed by atoms with Gasteiger partial charge < -0.3 is 24.9 Å². The van der Waals surface area contributed by atoms with E-state index in [1.54, 1.807) is 31.3 Å². The third-order valence-corrected chi connectivity index (χ3v) is 5.04. The first-order valence-electron chi connectivity index (χ1n) is 8.94. The van der Waals surface area contributed by atoms with Crippen LogP contribution in [0.4, 0.5) is 4.79 Å². The minimum Gasteiger partial charge on any atom is -0.548 e. The molecule has 3 rings (SSSR count). The zero-order valence-corrected chi connectivity index (χ0v) is 15.3. The summed E-state index contributed by atoms with van der Waals surface area (Å²) in [5.41, 5.74) is 0.219. The summed E-state index contributed by atoms with van der Waals surface area (Å²) in [6, 6.07) is 3.86. The summed E-state index contributed by atoms with van der Waals surface area (Å²) in [6.45, 7) is 3.98. The normalized spacial score (nSPS) is 27.9. The molecule has 2 amide bonds. The van der Waals surface area contributed by atoms with Gasteiger partial charge in [-0.15, -0.1) is 0 Å². The van der Waals surface area contributed by atoms with E-state index in [0.29, 0.717) is 24.2 Å². The average Bonchev–Trinajstić information content (AvgIpc) is 2.94. The smallest absolute Gasteiger partial charge is 0.407 e. The van der Waals surface area contributed by atoms with Crippen molar-refractivity contribution in [2.45, 2.75) is 38.8 Å². The van der Waals surface area contributed by atoms with Crippen LogP contribution in [-0.2, 0) is 14.3 Å². The number of aliphatic carboxylic acids is 1. The lowest BCUT2D eigenvalue weighted by Crippen LogP contribution is -2.61. The largest absolute Gasteiger partial charge is 0.548 e. The molecule has 8 nitrogen and oxygen atoms in total. The van der Waals surface area contributed by atoms with Gasteiger partial charge in [0.15, 0.2) is 0 Å². The molecule has 0 spiro atoms. The number of amides is 2. The molecule has 144 valence electrons. The van der Waals surface area contributed by atoms with Crippen molar-refractivity contribution in [3.8, 4) is 0 Å². The molecule has 0 saturated carbocycles. The molecule has 2 saturated heterocycles. The summed E-state index contributed by atoms with van der Waals surface area (Å²) >= 11 is 0. The molecule has 3 atom stereocenters. The lowest BCUT2D eigenvalue weighted by Gasteiger charge is -2.42. The molecule has 27 heavy (non-hydrogen) atoms. The zero-order chi connectivity index (χ0) is 19.6. The zero-order valence-electron chi connectivity index (χ0n) is 15.3. The summed E-state index contributed by atoms with van der Waals surface area (Å²) in [5.74, 6) is -1.69. The highest BCUT2D eigenvalue weighted by Crippen LogP contribution is 2.49. The molecular formula is C19H22N3O5-. The number of carbonyl (C=O) groups is 3. The molecular weight excluding hydrogens is 350 g/mol. The molecule has 2 aliphatic heterocycles. The topological polar surface area (TPSA) is 112 Å². The molecule has 0 aliphatic carbocycles. The number of β-lactam (4-membered cyclic amide) rings is 1. The number of ether oxygens (including phenoxy) is 1. The van der Waals surface area contributed by atoms with Crippen LogP contribution in [0.15, 0.2) is 30.0 Å². The Morgan fingerprint density at radius 2 is 2.26 bits per heavy atom. The first-order chi connectivity index (χ1) is 12.9. The van der Waals surface area contributed by atoms with E-state index < -0.39 is 23.5 Å². The Balaban J connectivity index is 1.77. The van der Waals surface area contributed by atoms with Gasteiger partial charge in [-0.3, -0.25) is 9.78 Å². The van der Waals surface area contributed by atoms with Crippen molar-refractivity contribution in [3.05, 3.63) is 35.7 Å². The Kier molecular flexibility index (Phi) is 5.16. The van der Waals surface area contributed by atoms with E-state index in [-0.39, 0.29) is 18.6 Å². The second-order valence-electron chi connectivity index (χ2n) is 7.17. The monoisotopic (exact) mass is 372 g/mol. The first kappa shape index (κ1) is 18.9. The maximum absolute atomic E-state index is 12.5. The standard InChI is InChI=1S/C19H23N3O5/c1-3-7-21-18(26)27-11-19(2)10-14-13(9-12-6-4-5-8-20-12)16(23)22(14)15(19)17(24)25/h4-6,8-9,14-15H,3,7,10-11H2,1-2H3,(H,21,26)(H,24,25)/p-1/b13-9+/t14?,15-,19-/m0/s1. The highest BCUT2D eigenvalue weighted by atomic mass is 16.5. The van der Waals surface area contributed by atoms with E-state index >= 15 is 0 Å². The van der Waals surface area contributed by atoms with Gasteiger partial charge in [0, 0.05) is 23.7 Å². The Hall–Kier alpha value is -2.90. The summed E-state index contributed by atoms with van der Waals surface area (Å²) in [7, 11) is 0. The maximum Gasteiger partial charge on any atom is 0.407 e. The van der Waals surface area contributed by atoms with Gasteiger partial charge in [-0.05, 0) is 31.1 Å². The molecule has 1 unspecified atom stereocenters. The molecule has 3 heterocycles. The van der Waals surface area contributed by atoms with E-state index in [1.807, 2.05) is 13.0 Å². The number of carboxylic acid groups (broad SMARTS) is 1. The fraction of sp³-hybridized carbons (Fsp3) is 0.474. The highest BCUT2D eigenvalue weighted by Gasteiger charge is 2.60. The van der Waals surface area contributed by atoms with Crippen molar-refractivity contribution < 1.29 is 24.2 Å². The van der Waals surface area contributed by atoms with Crippen LogP contribution in [0, 0.1) is 5.41 Å². The molecule has 0 radical (unpaired) electrons. The lowest BCUT2D eigenvalue weighted by atomic mass is 9.81. The number of rotatable bonds is 6. The van der Waals surface area contributed by atoms with Crippen molar-refractivity contribution in [1.82, 2.24) is 15.2 Å². The summed E-state index contributed by atoms with van der Waals surface area (Å²) < 4.78 is 5.21. The number of carboxylic acids is 1. The van der Waals surface area contributed by atoms with Crippen LogP contribution >= 0.6 is 0 Å². The minimum atomic E-state index is -1.34. The molecule has 1 aromatic rings. The fourth-order valence-electron chi connectivity index (χ4n) is 3.73. The average molecular weight is 372 g/mol. The number of carbonyl (C=O) groups excluding carboxylic acids is 3. The Morgan fingerprint density at radius 3 is 2.89 bits per heavy atom. The molecule has 2 fully saturated rings. The van der Waals surface area contributed by atoms with E-state index in [1.165, 1.54) is 4.90 Å². The van der Waals surface area contributed by atoms with Gasteiger partial charge in [0.2, 0.25) is 0 Å². The Morgan fingerprint density at radius 1 is 1.48 bits per heavy atom. The Labute approximate surface area is 157 Å². The first-order valence-corrected chi connectivity index (χ1v) is 8.94. The second kappa shape index (κ2) is 7.38. The van der Waals surface area contributed by atoms with Crippen LogP contribution in [0.5, 0.6) is 0 Å². The highest BCUT2D eigenvalue weighted by molar-refractivity contribution is 6.08. The molecule has 8 heteroatoms. The molecule has 0 aromatic carbocycles. The number of hydrogen-bond donors (Lipinski definition) is 1. The van der Waals surface area contributed by atoms with Crippen molar-refractivity contribution in [2.24, 2.45) is 5.41 Å². The van der Waals surface area contributed by atoms with E-state index in [4.69, 9.17) is 4.74 Å². The van der Waals surface area contributed by atoms with Crippen LogP contribution in [0.25, 0.3) is 6.08 Å². The minimum absolute atomic E-state index is 0.113. The molecule has 0 bridgehead atoms. The summed E-state index contributed by atoms with van der Waals surface area (Å²) in [4.78, 5) is 41.5. The number of pyridine rings is 1. The van der Waals surface area contributed by atoms with Crippen LogP contribution in [0.1, 0.15) is 32.4 Å². The van der Waals surface area contributed by atoms with Crippen molar-refractivity contribution in [1.29, 1.82) is 0 Å². The summed E-state index contributed by atoms with van der Waals surface area (Å²) in [5, 5.41) is 14.3. The molecule has 2 aliphatic rings. The number of nitrogens with zero attached hydrogens (tertiary/aromatic N) is 2. The molecule has 1 aromatic heterocycles. The van der Waals surface area contributed by atoms with E-state index in [2.05, 4.69) is 10.3 Å². The van der Waals surface area contributed by atoms with Gasteiger partial charge >= 0.3 is 6.09 Å². The predicted octanol–water partition coefficient (Wildman–Crippen LogP) is 0.341. The number of hydrogen-bond acceptors (Lipinski definition) is 6. The van der Waals surface area contributed by atoms with Crippen LogP contribution in [-0.4, -0.2) is 53.1 Å². The molecule has 1 N–H and O–H groups in total. The lowest BCUT2D eigenvalue weighted by molar-refractivity contribution is -0.314. The van der Waals surface area contributed by atoms with Gasteiger partial charge in [0.05, 0.1) is 23.7 Å². The van der Waals surface area contributed by atoms with Crippen LogP contribution < -0.4 is 10.4 Å². The Bertz CT molecular complexity index is 779. The quantitative estimate of drug-likeness (QED) is 0.569. The number of aromatic nitrogens is 1. The van der Waals surface area contributed by atoms with Crippen molar-refractivity contribution in [3.63, 3.8) is 0 Å². The second-order valence-corrected chi connectivity index (χ2v) is 7.17. The van der Waals surface area contributed by atoms with Crippen LogP contribution in [0.3, 0.4) is 0 Å². The van der Waals surface area contributed by atoms with Gasteiger partial charge in [-0.25, -0.2) is 4.79 Å². The van der Waals surface area contributed by atoms with Crippen LogP contribution in [0.2, 0.25) is 0 Å². The maximum atomic E-state index is 12.5. The van der Waals surface area contributed by atoms with Gasteiger partial charge in [-0.1, -0.05) is 19.9 Å². The SMILES string of the molecule is CCCNC(=O)OC[C@]1(C)CC2/C(=C\c3ccccn3)C(=O)N2[C@H]1C(=O)[O-]. The predicted molar refractivity (Wildman–Crippen MR) is 94.0 cm³/mol. The number of alkyl carbamates (subject to hydrolysis) is 1. The number of fused-ring (bicyclic) bond motifs is 1. The fourth-order valence-corrected chi connectivity index (χ4v) is 3.73. The summed E-state index contributed by atoms with van der Waals surface area (Å²) in [6.07, 6.45) is 3.84. The van der Waals surface area contributed by atoms with Crippen molar-refractivity contribution >= 4 is 24.0 Å². The third kappa shape index (κ3) is 3.51. The van der Waals surface area contributed by atoms with Gasteiger partial charge in [0.1, 0.15) is 6.61 Å². The van der Waals surface area contributed by atoms with Gasteiger partial charge in [0.25, 0.3) is 5.91 Å². The third-order valence-electron chi connectivity index (χ3n) is 5.04. The van der Waals surface area contributed by atoms with Crippen molar-refractivity contribution in [2.75, 3.05) is 13.2 Å².